The molecule has 0 saturated heterocycles. The number of carbonyl (C=O) groups is 2. The van der Waals surface area contributed by atoms with Crippen LogP contribution < -0.4 is 10.9 Å². The fourth-order valence-electron chi connectivity index (χ4n) is 0.772. The van der Waals surface area contributed by atoms with E-state index >= 15 is 0 Å². The first-order chi connectivity index (χ1) is 7.54. The largest absolute Gasteiger partial charge is 0.449 e. The molecule has 3 N–H and O–H groups in total. The van der Waals surface area contributed by atoms with Gasteiger partial charge in [0.05, 0.1) is 6.61 Å². The first-order valence-electron chi connectivity index (χ1n) is 4.18. The zero-order valence-corrected chi connectivity index (χ0v) is 9.65. The second kappa shape index (κ2) is 5.57. The van der Waals surface area contributed by atoms with Crippen LogP contribution in [0.1, 0.15) is 17.5 Å². The van der Waals surface area contributed by atoms with E-state index in [4.69, 9.17) is 23.2 Å². The Labute approximate surface area is 100 Å². The standard InChI is InChI=1S/C7H8Cl2N4O3/c1-2-16-7(15)13-12-6(14)5-10-3(8)4(9)11-5/h2H2,1H3,(H,10,11)(H,12,14)(H,13,15). The highest BCUT2D eigenvalue weighted by molar-refractivity contribution is 6.40. The van der Waals surface area contributed by atoms with Crippen molar-refractivity contribution < 1.29 is 14.3 Å². The normalized spacial score (nSPS) is 9.69. The van der Waals surface area contributed by atoms with Crippen LogP contribution in [0.3, 0.4) is 0 Å². The fraction of sp³-hybridized carbons (Fsp3) is 0.286. The van der Waals surface area contributed by atoms with Crippen LogP contribution in [0.2, 0.25) is 10.3 Å². The summed E-state index contributed by atoms with van der Waals surface area (Å²) in [6.07, 6.45) is -0.778. The molecule has 1 rings (SSSR count). The summed E-state index contributed by atoms with van der Waals surface area (Å²) < 4.78 is 4.51. The van der Waals surface area contributed by atoms with E-state index in [0.717, 1.165) is 0 Å². The van der Waals surface area contributed by atoms with E-state index in [1.807, 2.05) is 10.9 Å². The topological polar surface area (TPSA) is 96.1 Å². The number of carbonyl (C=O) groups excluding carboxylic acids is 2. The monoisotopic (exact) mass is 266 g/mol. The van der Waals surface area contributed by atoms with Crippen LogP contribution in [0.4, 0.5) is 4.79 Å². The quantitative estimate of drug-likeness (QED) is 0.699. The molecule has 16 heavy (non-hydrogen) atoms. The number of aromatic nitrogens is 2. The number of amides is 2. The number of H-pyrrole nitrogens is 1. The van der Waals surface area contributed by atoms with Gasteiger partial charge in [-0.1, -0.05) is 23.2 Å². The third-order valence-electron chi connectivity index (χ3n) is 1.39. The van der Waals surface area contributed by atoms with Crippen LogP contribution in [-0.2, 0) is 4.74 Å². The molecule has 0 radical (unpaired) electrons. The van der Waals surface area contributed by atoms with Crippen LogP contribution in [-0.4, -0.2) is 28.6 Å². The van der Waals surface area contributed by atoms with Gasteiger partial charge in [0.1, 0.15) is 5.15 Å². The van der Waals surface area contributed by atoms with Gasteiger partial charge in [0.15, 0.2) is 5.15 Å². The SMILES string of the molecule is CCOC(=O)NNC(=O)c1nc(Cl)c(Cl)[nH]1. The maximum absolute atomic E-state index is 11.3. The lowest BCUT2D eigenvalue weighted by atomic mass is 10.6. The minimum absolute atomic E-state index is 0.0250. The molecule has 7 nitrogen and oxygen atoms in total. The van der Waals surface area contributed by atoms with Gasteiger partial charge in [0, 0.05) is 0 Å². The molecule has 0 aliphatic rings. The summed E-state index contributed by atoms with van der Waals surface area (Å²) in [5.74, 6) is -0.811. The maximum atomic E-state index is 11.3. The first kappa shape index (κ1) is 12.6. The zero-order chi connectivity index (χ0) is 12.1. The molecular weight excluding hydrogens is 259 g/mol. The second-order valence-electron chi connectivity index (χ2n) is 2.49. The highest BCUT2D eigenvalue weighted by Crippen LogP contribution is 2.17. The summed E-state index contributed by atoms with van der Waals surface area (Å²) in [5, 5.41) is 0.0194. The molecule has 0 aromatic carbocycles. The van der Waals surface area contributed by atoms with Gasteiger partial charge in [0.2, 0.25) is 5.82 Å². The van der Waals surface area contributed by atoms with Gasteiger partial charge in [-0.25, -0.2) is 15.2 Å². The smallest absolute Gasteiger partial charge is 0.426 e. The van der Waals surface area contributed by atoms with E-state index in [-0.39, 0.29) is 22.7 Å². The molecule has 88 valence electrons. The van der Waals surface area contributed by atoms with E-state index in [1.54, 1.807) is 6.92 Å². The van der Waals surface area contributed by atoms with Gasteiger partial charge < -0.3 is 9.72 Å². The Morgan fingerprint density at radius 3 is 2.62 bits per heavy atom. The molecule has 1 heterocycles. The van der Waals surface area contributed by atoms with E-state index in [2.05, 4.69) is 14.7 Å². The van der Waals surface area contributed by atoms with Crippen LogP contribution in [0.15, 0.2) is 0 Å². The predicted molar refractivity (Wildman–Crippen MR) is 56.2 cm³/mol. The number of nitrogens with zero attached hydrogens (tertiary/aromatic N) is 1. The minimum Gasteiger partial charge on any atom is -0.449 e. The highest BCUT2D eigenvalue weighted by atomic mass is 35.5. The van der Waals surface area contributed by atoms with Gasteiger partial charge in [-0.2, -0.15) is 0 Å². The summed E-state index contributed by atoms with van der Waals surface area (Å²) >= 11 is 11.1. The summed E-state index contributed by atoms with van der Waals surface area (Å²) in [7, 11) is 0. The zero-order valence-electron chi connectivity index (χ0n) is 8.13. The van der Waals surface area contributed by atoms with Crippen molar-refractivity contribution in [3.63, 3.8) is 0 Å². The average molecular weight is 267 g/mol. The van der Waals surface area contributed by atoms with Gasteiger partial charge in [0.25, 0.3) is 0 Å². The Morgan fingerprint density at radius 2 is 2.12 bits per heavy atom. The third kappa shape index (κ3) is 3.28. The Kier molecular flexibility index (Phi) is 4.39. The Hall–Kier alpha value is -1.47. The number of hydrogen-bond acceptors (Lipinski definition) is 4. The summed E-state index contributed by atoms with van der Waals surface area (Å²) in [5.41, 5.74) is 4.05. The molecule has 0 fully saturated rings. The number of hydrogen-bond donors (Lipinski definition) is 3. The molecule has 1 aromatic rings. The molecule has 2 amide bonds. The molecule has 1 aromatic heterocycles. The van der Waals surface area contributed by atoms with E-state index < -0.39 is 12.0 Å². The minimum atomic E-state index is -0.778. The van der Waals surface area contributed by atoms with Crippen molar-refractivity contribution in [3.8, 4) is 0 Å². The number of imidazole rings is 1. The van der Waals surface area contributed by atoms with Crippen LogP contribution in [0, 0.1) is 0 Å². The Bertz CT molecular complexity index is 387. The number of rotatable bonds is 2. The summed E-state index contributed by atoms with van der Waals surface area (Å²) in [6, 6.07) is 0. The fourth-order valence-corrected chi connectivity index (χ4v) is 1.04. The molecule has 0 aliphatic heterocycles. The average Bonchev–Trinajstić information content (AvgIpc) is 2.56. The van der Waals surface area contributed by atoms with E-state index in [9.17, 15) is 9.59 Å². The van der Waals surface area contributed by atoms with E-state index in [1.165, 1.54) is 0 Å². The number of nitrogens with one attached hydrogen (secondary N) is 3. The lowest BCUT2D eigenvalue weighted by Crippen LogP contribution is -2.42. The number of hydrazine groups is 1. The van der Waals surface area contributed by atoms with Crippen molar-refractivity contribution in [1.29, 1.82) is 0 Å². The maximum Gasteiger partial charge on any atom is 0.426 e. The lowest BCUT2D eigenvalue weighted by molar-refractivity contribution is 0.0903. The number of halogens is 2. The molecular formula is C7H8Cl2N4O3. The van der Waals surface area contributed by atoms with Gasteiger partial charge in [-0.3, -0.25) is 10.2 Å². The molecule has 0 saturated carbocycles. The van der Waals surface area contributed by atoms with Gasteiger partial charge in [-0.15, -0.1) is 0 Å². The van der Waals surface area contributed by atoms with Crippen molar-refractivity contribution in [2.75, 3.05) is 6.61 Å². The predicted octanol–water partition coefficient (Wildman–Crippen LogP) is 1.11. The van der Waals surface area contributed by atoms with Crippen molar-refractivity contribution in [1.82, 2.24) is 20.8 Å². The Morgan fingerprint density at radius 1 is 1.44 bits per heavy atom. The molecule has 0 unspecified atom stereocenters. The van der Waals surface area contributed by atoms with Crippen LogP contribution >= 0.6 is 23.2 Å². The molecule has 0 aliphatic carbocycles. The molecule has 0 bridgehead atoms. The number of aromatic amines is 1. The molecule has 9 heteroatoms. The van der Waals surface area contributed by atoms with Crippen molar-refractivity contribution in [2.45, 2.75) is 6.92 Å². The van der Waals surface area contributed by atoms with E-state index in [0.29, 0.717) is 0 Å². The summed E-state index contributed by atoms with van der Waals surface area (Å²) in [4.78, 5) is 28.2. The second-order valence-corrected chi connectivity index (χ2v) is 3.23. The van der Waals surface area contributed by atoms with Crippen molar-refractivity contribution in [3.05, 3.63) is 16.1 Å². The summed E-state index contributed by atoms with van der Waals surface area (Å²) in [6.45, 7) is 1.83. The Balaban J connectivity index is 2.50. The first-order valence-corrected chi connectivity index (χ1v) is 4.94. The lowest BCUT2D eigenvalue weighted by Gasteiger charge is -2.04. The molecule has 0 atom stereocenters. The van der Waals surface area contributed by atoms with Crippen LogP contribution in [0.5, 0.6) is 0 Å². The third-order valence-corrected chi connectivity index (χ3v) is 2.03. The highest BCUT2D eigenvalue weighted by Gasteiger charge is 2.14. The number of ether oxygens (including phenoxy) is 1. The van der Waals surface area contributed by atoms with Gasteiger partial charge >= 0.3 is 12.0 Å². The van der Waals surface area contributed by atoms with Gasteiger partial charge in [-0.05, 0) is 6.92 Å². The van der Waals surface area contributed by atoms with Crippen molar-refractivity contribution >= 4 is 35.2 Å². The van der Waals surface area contributed by atoms with Crippen molar-refractivity contribution in [2.24, 2.45) is 0 Å². The molecule has 0 spiro atoms. The van der Waals surface area contributed by atoms with Crippen LogP contribution in [0.25, 0.3) is 0 Å².